The van der Waals surface area contributed by atoms with E-state index in [4.69, 9.17) is 22.1 Å². The SMILES string of the molecule is NCC(Oc1cccc(Cl)c1)c1ccsc1. The summed E-state index contributed by atoms with van der Waals surface area (Å²) in [5.41, 5.74) is 6.80. The Bertz CT molecular complexity index is 444. The van der Waals surface area contributed by atoms with Crippen molar-refractivity contribution in [2.45, 2.75) is 6.10 Å². The number of ether oxygens (including phenoxy) is 1. The maximum absolute atomic E-state index is 5.89. The summed E-state index contributed by atoms with van der Waals surface area (Å²) in [5, 5.41) is 4.72. The molecule has 2 aromatic rings. The van der Waals surface area contributed by atoms with Crippen LogP contribution in [0.2, 0.25) is 5.02 Å². The Morgan fingerprint density at radius 3 is 2.88 bits per heavy atom. The van der Waals surface area contributed by atoms with Crippen molar-refractivity contribution in [1.82, 2.24) is 0 Å². The molecule has 1 atom stereocenters. The highest BCUT2D eigenvalue weighted by Crippen LogP contribution is 2.24. The van der Waals surface area contributed by atoms with E-state index in [0.29, 0.717) is 11.6 Å². The first kappa shape index (κ1) is 11.5. The van der Waals surface area contributed by atoms with Gasteiger partial charge in [-0.05, 0) is 35.0 Å². The van der Waals surface area contributed by atoms with Crippen molar-refractivity contribution in [2.24, 2.45) is 5.73 Å². The highest BCUT2D eigenvalue weighted by Gasteiger charge is 2.11. The van der Waals surface area contributed by atoms with Gasteiger partial charge in [-0.2, -0.15) is 11.3 Å². The van der Waals surface area contributed by atoms with Crippen LogP contribution < -0.4 is 10.5 Å². The lowest BCUT2D eigenvalue weighted by Crippen LogP contribution is -2.17. The predicted octanol–water partition coefficient (Wildman–Crippen LogP) is 3.48. The highest BCUT2D eigenvalue weighted by molar-refractivity contribution is 7.07. The first-order valence-corrected chi connectivity index (χ1v) is 6.26. The molecular formula is C12H12ClNOS. The van der Waals surface area contributed by atoms with Crippen LogP contribution in [0.3, 0.4) is 0 Å². The minimum Gasteiger partial charge on any atom is -0.484 e. The second-order valence-electron chi connectivity index (χ2n) is 3.36. The van der Waals surface area contributed by atoms with Crippen molar-refractivity contribution in [3.63, 3.8) is 0 Å². The molecule has 0 amide bonds. The van der Waals surface area contributed by atoms with E-state index in [1.807, 2.05) is 35.0 Å². The van der Waals surface area contributed by atoms with Gasteiger partial charge in [0.1, 0.15) is 11.9 Å². The van der Waals surface area contributed by atoms with Crippen LogP contribution in [0.25, 0.3) is 0 Å². The number of halogens is 1. The molecule has 1 heterocycles. The van der Waals surface area contributed by atoms with Gasteiger partial charge >= 0.3 is 0 Å². The monoisotopic (exact) mass is 253 g/mol. The van der Waals surface area contributed by atoms with Crippen molar-refractivity contribution < 1.29 is 4.74 Å². The maximum Gasteiger partial charge on any atom is 0.137 e. The van der Waals surface area contributed by atoms with Gasteiger partial charge in [0.05, 0.1) is 0 Å². The Balaban J connectivity index is 2.13. The first-order valence-electron chi connectivity index (χ1n) is 4.94. The molecule has 0 aliphatic heterocycles. The van der Waals surface area contributed by atoms with Crippen molar-refractivity contribution in [3.05, 3.63) is 51.7 Å². The molecular weight excluding hydrogens is 242 g/mol. The number of rotatable bonds is 4. The molecule has 0 spiro atoms. The zero-order chi connectivity index (χ0) is 11.4. The third-order valence-corrected chi connectivity index (χ3v) is 3.14. The lowest BCUT2D eigenvalue weighted by molar-refractivity contribution is 0.215. The third kappa shape index (κ3) is 2.76. The maximum atomic E-state index is 5.89. The van der Waals surface area contributed by atoms with Crippen LogP contribution in [0.15, 0.2) is 41.1 Å². The van der Waals surface area contributed by atoms with Gasteiger partial charge in [-0.25, -0.2) is 0 Å². The molecule has 0 bridgehead atoms. The molecule has 0 aliphatic carbocycles. The molecule has 0 fully saturated rings. The van der Waals surface area contributed by atoms with Crippen molar-refractivity contribution in [2.75, 3.05) is 6.54 Å². The normalized spacial score (nSPS) is 12.4. The smallest absolute Gasteiger partial charge is 0.137 e. The van der Waals surface area contributed by atoms with Crippen LogP contribution in [0.4, 0.5) is 0 Å². The summed E-state index contributed by atoms with van der Waals surface area (Å²) in [6.45, 7) is 0.448. The Kier molecular flexibility index (Phi) is 3.83. The molecule has 1 unspecified atom stereocenters. The number of nitrogens with two attached hydrogens (primary N) is 1. The first-order chi connectivity index (χ1) is 7.79. The minimum absolute atomic E-state index is 0.107. The molecule has 0 saturated carbocycles. The molecule has 2 nitrogen and oxygen atoms in total. The quantitative estimate of drug-likeness (QED) is 0.906. The molecule has 0 saturated heterocycles. The van der Waals surface area contributed by atoms with E-state index < -0.39 is 0 Å². The molecule has 0 aliphatic rings. The Labute approximate surface area is 104 Å². The summed E-state index contributed by atoms with van der Waals surface area (Å²) in [6, 6.07) is 9.36. The van der Waals surface area contributed by atoms with Crippen molar-refractivity contribution in [1.29, 1.82) is 0 Å². The van der Waals surface area contributed by atoms with Crippen molar-refractivity contribution >= 4 is 22.9 Å². The average Bonchev–Trinajstić information content (AvgIpc) is 2.79. The Morgan fingerprint density at radius 2 is 2.25 bits per heavy atom. The summed E-state index contributed by atoms with van der Waals surface area (Å²) < 4.78 is 5.79. The van der Waals surface area contributed by atoms with Gasteiger partial charge in [-0.1, -0.05) is 17.7 Å². The van der Waals surface area contributed by atoms with Gasteiger partial charge < -0.3 is 10.5 Å². The van der Waals surface area contributed by atoms with Crippen LogP contribution in [0.1, 0.15) is 11.7 Å². The minimum atomic E-state index is -0.107. The fraction of sp³-hybridized carbons (Fsp3) is 0.167. The van der Waals surface area contributed by atoms with E-state index in [1.165, 1.54) is 0 Å². The molecule has 16 heavy (non-hydrogen) atoms. The molecule has 2 rings (SSSR count). The fourth-order valence-corrected chi connectivity index (χ4v) is 2.30. The second-order valence-corrected chi connectivity index (χ2v) is 4.57. The molecule has 1 aromatic carbocycles. The number of thiophene rings is 1. The van der Waals surface area contributed by atoms with E-state index in [-0.39, 0.29) is 6.10 Å². The van der Waals surface area contributed by atoms with E-state index >= 15 is 0 Å². The molecule has 1 aromatic heterocycles. The highest BCUT2D eigenvalue weighted by atomic mass is 35.5. The number of hydrogen-bond donors (Lipinski definition) is 1. The molecule has 2 N–H and O–H groups in total. The number of hydrogen-bond acceptors (Lipinski definition) is 3. The summed E-state index contributed by atoms with van der Waals surface area (Å²) in [6.07, 6.45) is -0.107. The van der Waals surface area contributed by atoms with Gasteiger partial charge in [0.2, 0.25) is 0 Å². The van der Waals surface area contributed by atoms with Gasteiger partial charge in [0, 0.05) is 17.1 Å². The number of benzene rings is 1. The molecule has 4 heteroatoms. The van der Waals surface area contributed by atoms with E-state index in [1.54, 1.807) is 17.4 Å². The Morgan fingerprint density at radius 1 is 1.38 bits per heavy atom. The van der Waals surface area contributed by atoms with E-state index in [9.17, 15) is 0 Å². The lowest BCUT2D eigenvalue weighted by Gasteiger charge is -2.16. The Hall–Kier alpha value is -1.03. The fourth-order valence-electron chi connectivity index (χ4n) is 1.42. The lowest BCUT2D eigenvalue weighted by atomic mass is 10.2. The zero-order valence-electron chi connectivity index (χ0n) is 8.60. The predicted molar refractivity (Wildman–Crippen MR) is 68.2 cm³/mol. The van der Waals surface area contributed by atoms with Crippen LogP contribution in [0.5, 0.6) is 5.75 Å². The summed E-state index contributed by atoms with van der Waals surface area (Å²) >= 11 is 7.52. The summed E-state index contributed by atoms with van der Waals surface area (Å²) in [7, 11) is 0. The summed E-state index contributed by atoms with van der Waals surface area (Å²) in [5.74, 6) is 0.745. The second kappa shape index (κ2) is 5.34. The van der Waals surface area contributed by atoms with Crippen LogP contribution in [-0.2, 0) is 0 Å². The molecule has 84 valence electrons. The van der Waals surface area contributed by atoms with E-state index in [0.717, 1.165) is 11.3 Å². The van der Waals surface area contributed by atoms with Crippen LogP contribution in [0, 0.1) is 0 Å². The van der Waals surface area contributed by atoms with Gasteiger partial charge in [-0.15, -0.1) is 0 Å². The third-order valence-electron chi connectivity index (χ3n) is 2.20. The van der Waals surface area contributed by atoms with Gasteiger partial charge in [-0.3, -0.25) is 0 Å². The van der Waals surface area contributed by atoms with Gasteiger partial charge in [0.15, 0.2) is 0 Å². The average molecular weight is 254 g/mol. The van der Waals surface area contributed by atoms with Crippen LogP contribution >= 0.6 is 22.9 Å². The molecule has 0 radical (unpaired) electrons. The zero-order valence-corrected chi connectivity index (χ0v) is 10.2. The van der Waals surface area contributed by atoms with Crippen molar-refractivity contribution in [3.8, 4) is 5.75 Å². The van der Waals surface area contributed by atoms with Gasteiger partial charge in [0.25, 0.3) is 0 Å². The summed E-state index contributed by atoms with van der Waals surface area (Å²) in [4.78, 5) is 0. The van der Waals surface area contributed by atoms with Crippen LogP contribution in [-0.4, -0.2) is 6.54 Å². The van der Waals surface area contributed by atoms with E-state index in [2.05, 4.69) is 0 Å². The standard InChI is InChI=1S/C12H12ClNOS/c13-10-2-1-3-11(6-10)15-12(7-14)9-4-5-16-8-9/h1-6,8,12H,7,14H2. The topological polar surface area (TPSA) is 35.2 Å². The largest absolute Gasteiger partial charge is 0.484 e.